The normalized spacial score (nSPS) is 18.7. The van der Waals surface area contributed by atoms with E-state index in [1.807, 2.05) is 26.0 Å². The molecule has 1 aliphatic heterocycles. The third-order valence-corrected chi connectivity index (χ3v) is 5.42. The number of nitrogens with zero attached hydrogens (tertiary/aromatic N) is 1. The van der Waals surface area contributed by atoms with E-state index in [2.05, 4.69) is 22.0 Å². The van der Waals surface area contributed by atoms with Crippen LogP contribution >= 0.6 is 0 Å². The average molecular weight is 352 g/mol. The number of nitrogens with one attached hydrogen (secondary N) is 1. The summed E-state index contributed by atoms with van der Waals surface area (Å²) in [6.07, 6.45) is 0. The number of carbonyl (C=O) groups is 1. The number of hydrogen-bond acceptors (Lipinski definition) is 2. The van der Waals surface area contributed by atoms with Gasteiger partial charge in [0.15, 0.2) is 0 Å². The summed E-state index contributed by atoms with van der Waals surface area (Å²) < 4.78 is 15.5. The Kier molecular flexibility index (Phi) is 3.84. The number of aromatic nitrogens is 1. The first-order valence-corrected chi connectivity index (χ1v) is 8.71. The van der Waals surface area contributed by atoms with Gasteiger partial charge in [0.1, 0.15) is 11.9 Å². The number of hydrogen-bond donors (Lipinski definition) is 2. The van der Waals surface area contributed by atoms with Crippen molar-refractivity contribution >= 4 is 16.9 Å². The molecule has 0 fully saturated rings. The first-order valence-electron chi connectivity index (χ1n) is 8.71. The molecular formula is C21H21FN2O2. The number of para-hydroxylation sites is 1. The Balaban J connectivity index is 1.91. The van der Waals surface area contributed by atoms with E-state index in [4.69, 9.17) is 0 Å². The van der Waals surface area contributed by atoms with Crippen LogP contribution in [0.25, 0.3) is 10.9 Å². The number of carboxylic acids is 1. The van der Waals surface area contributed by atoms with Crippen LogP contribution in [0, 0.1) is 5.82 Å². The van der Waals surface area contributed by atoms with E-state index in [9.17, 15) is 14.3 Å². The van der Waals surface area contributed by atoms with Gasteiger partial charge in [-0.25, -0.2) is 4.39 Å². The molecule has 1 aromatic heterocycles. The number of benzene rings is 2. The highest BCUT2D eigenvalue weighted by Gasteiger charge is 2.43. The fourth-order valence-electron chi connectivity index (χ4n) is 4.21. The molecule has 1 unspecified atom stereocenters. The fraction of sp³-hybridized carbons (Fsp3) is 0.286. The van der Waals surface area contributed by atoms with Crippen molar-refractivity contribution in [3.8, 4) is 0 Å². The van der Waals surface area contributed by atoms with Gasteiger partial charge in [-0.3, -0.25) is 10.1 Å². The van der Waals surface area contributed by atoms with Crippen LogP contribution in [0.1, 0.15) is 30.7 Å². The van der Waals surface area contributed by atoms with Crippen molar-refractivity contribution in [1.82, 2.24) is 9.88 Å². The van der Waals surface area contributed by atoms with Gasteiger partial charge in [-0.1, -0.05) is 44.2 Å². The van der Waals surface area contributed by atoms with E-state index in [0.29, 0.717) is 13.1 Å². The lowest BCUT2D eigenvalue weighted by Gasteiger charge is -2.37. The molecule has 0 saturated heterocycles. The highest BCUT2D eigenvalue weighted by Crippen LogP contribution is 2.41. The van der Waals surface area contributed by atoms with Crippen LogP contribution < -0.4 is 5.32 Å². The Hall–Kier alpha value is -2.66. The van der Waals surface area contributed by atoms with Crippen LogP contribution in [0.4, 0.5) is 4.39 Å². The molecule has 0 bridgehead atoms. The van der Waals surface area contributed by atoms with Gasteiger partial charge in [0, 0.05) is 35.1 Å². The second-order valence-corrected chi connectivity index (χ2v) is 7.43. The molecule has 2 aromatic carbocycles. The van der Waals surface area contributed by atoms with E-state index in [0.717, 1.165) is 27.7 Å². The molecule has 4 rings (SSSR count). The second-order valence-electron chi connectivity index (χ2n) is 7.43. The van der Waals surface area contributed by atoms with E-state index in [-0.39, 0.29) is 5.82 Å². The predicted molar refractivity (Wildman–Crippen MR) is 98.7 cm³/mol. The molecule has 4 nitrogen and oxygen atoms in total. The lowest BCUT2D eigenvalue weighted by Crippen LogP contribution is -2.53. The molecular weight excluding hydrogens is 331 g/mol. The summed E-state index contributed by atoms with van der Waals surface area (Å²) in [6, 6.07) is 14.0. The standard InChI is InChI=1S/C21H21FN2O2/c1-21(2)18-15-5-3-4-6-16(15)24(12-13-7-9-14(22)10-8-13)17(18)11-23-19(21)20(25)26/h3-10,19,23H,11-12H2,1-2H3,(H,25,26). The van der Waals surface area contributed by atoms with E-state index in [1.54, 1.807) is 12.1 Å². The Morgan fingerprint density at radius 1 is 1.23 bits per heavy atom. The molecule has 2 N–H and O–H groups in total. The zero-order valence-corrected chi connectivity index (χ0v) is 14.8. The van der Waals surface area contributed by atoms with Crippen molar-refractivity contribution in [2.75, 3.05) is 0 Å². The van der Waals surface area contributed by atoms with Crippen molar-refractivity contribution < 1.29 is 14.3 Å². The zero-order valence-electron chi connectivity index (χ0n) is 14.8. The van der Waals surface area contributed by atoms with Crippen molar-refractivity contribution in [1.29, 1.82) is 0 Å². The van der Waals surface area contributed by atoms with Crippen LogP contribution in [0.3, 0.4) is 0 Å². The van der Waals surface area contributed by atoms with Gasteiger partial charge in [-0.2, -0.15) is 0 Å². The molecule has 26 heavy (non-hydrogen) atoms. The summed E-state index contributed by atoms with van der Waals surface area (Å²) in [5.74, 6) is -1.09. The van der Waals surface area contributed by atoms with Crippen molar-refractivity contribution in [3.63, 3.8) is 0 Å². The molecule has 2 heterocycles. The molecule has 1 aliphatic rings. The fourth-order valence-corrected chi connectivity index (χ4v) is 4.21. The van der Waals surface area contributed by atoms with E-state index >= 15 is 0 Å². The minimum absolute atomic E-state index is 0.250. The first-order chi connectivity index (χ1) is 12.4. The van der Waals surface area contributed by atoms with Crippen LogP contribution in [0.15, 0.2) is 48.5 Å². The van der Waals surface area contributed by atoms with Gasteiger partial charge in [0.2, 0.25) is 0 Å². The molecule has 0 radical (unpaired) electrons. The maximum Gasteiger partial charge on any atom is 0.321 e. The number of aliphatic carboxylic acids is 1. The van der Waals surface area contributed by atoms with Gasteiger partial charge in [-0.05, 0) is 29.3 Å². The van der Waals surface area contributed by atoms with Crippen molar-refractivity contribution in [3.05, 3.63) is 71.2 Å². The highest BCUT2D eigenvalue weighted by atomic mass is 19.1. The Morgan fingerprint density at radius 2 is 1.92 bits per heavy atom. The van der Waals surface area contributed by atoms with Gasteiger partial charge in [0.25, 0.3) is 0 Å². The molecule has 0 spiro atoms. The SMILES string of the molecule is CC1(C)c2c(n(Cc3ccc(F)cc3)c3ccccc23)CNC1C(=O)O. The number of rotatable bonds is 3. The lowest BCUT2D eigenvalue weighted by molar-refractivity contribution is -0.141. The minimum atomic E-state index is -0.837. The van der Waals surface area contributed by atoms with E-state index < -0.39 is 17.4 Å². The Bertz CT molecular complexity index is 989. The van der Waals surface area contributed by atoms with Gasteiger partial charge in [-0.15, -0.1) is 0 Å². The monoisotopic (exact) mass is 352 g/mol. The third kappa shape index (κ3) is 2.51. The second kappa shape index (κ2) is 5.95. The largest absolute Gasteiger partial charge is 0.480 e. The molecule has 5 heteroatoms. The summed E-state index contributed by atoms with van der Waals surface area (Å²) in [5, 5.41) is 13.9. The van der Waals surface area contributed by atoms with Crippen molar-refractivity contribution in [2.24, 2.45) is 0 Å². The summed E-state index contributed by atoms with van der Waals surface area (Å²) in [6.45, 7) is 5.06. The van der Waals surface area contributed by atoms with Gasteiger partial charge in [0.05, 0.1) is 0 Å². The minimum Gasteiger partial charge on any atom is -0.480 e. The van der Waals surface area contributed by atoms with Gasteiger partial charge >= 0.3 is 5.97 Å². The molecule has 0 saturated carbocycles. The first kappa shape index (κ1) is 16.8. The zero-order chi connectivity index (χ0) is 18.5. The Labute approximate surface area is 151 Å². The quantitative estimate of drug-likeness (QED) is 0.756. The third-order valence-electron chi connectivity index (χ3n) is 5.42. The Morgan fingerprint density at radius 3 is 2.62 bits per heavy atom. The summed E-state index contributed by atoms with van der Waals surface area (Å²) in [4.78, 5) is 11.7. The topological polar surface area (TPSA) is 54.3 Å². The highest BCUT2D eigenvalue weighted by molar-refractivity contribution is 5.89. The summed E-state index contributed by atoms with van der Waals surface area (Å²) in [7, 11) is 0. The molecule has 1 atom stereocenters. The molecule has 134 valence electrons. The number of halogens is 1. The van der Waals surface area contributed by atoms with Crippen LogP contribution in [-0.2, 0) is 23.3 Å². The average Bonchev–Trinajstić information content (AvgIpc) is 2.91. The smallest absolute Gasteiger partial charge is 0.321 e. The lowest BCUT2D eigenvalue weighted by atomic mass is 9.74. The summed E-state index contributed by atoms with van der Waals surface area (Å²) >= 11 is 0. The number of carboxylic acid groups (broad SMARTS) is 1. The van der Waals surface area contributed by atoms with E-state index in [1.165, 1.54) is 12.1 Å². The van der Waals surface area contributed by atoms with Gasteiger partial charge < -0.3 is 9.67 Å². The van der Waals surface area contributed by atoms with Crippen molar-refractivity contribution in [2.45, 2.75) is 38.4 Å². The predicted octanol–water partition coefficient (Wildman–Crippen LogP) is 3.66. The van der Waals surface area contributed by atoms with Crippen LogP contribution in [-0.4, -0.2) is 21.7 Å². The maximum atomic E-state index is 13.2. The molecule has 3 aromatic rings. The maximum absolute atomic E-state index is 13.2. The number of fused-ring (bicyclic) bond motifs is 3. The van der Waals surface area contributed by atoms with Crippen LogP contribution in [0.2, 0.25) is 0 Å². The van der Waals surface area contributed by atoms with Crippen LogP contribution in [0.5, 0.6) is 0 Å². The summed E-state index contributed by atoms with van der Waals surface area (Å²) in [5.41, 5.74) is 3.71. The molecule has 0 amide bonds. The molecule has 0 aliphatic carbocycles.